The van der Waals surface area contributed by atoms with Gasteiger partial charge in [0.1, 0.15) is 0 Å². The Hall–Kier alpha value is -1.81. The van der Waals surface area contributed by atoms with Gasteiger partial charge in [-0.25, -0.2) is 9.79 Å². The number of halogens is 3. The Kier molecular flexibility index (Phi) is 4.21. The van der Waals surface area contributed by atoms with Crippen molar-refractivity contribution in [3.63, 3.8) is 0 Å². The Morgan fingerprint density at radius 1 is 0.955 bits per heavy atom. The van der Waals surface area contributed by atoms with Gasteiger partial charge < -0.3 is 4.74 Å². The molecule has 0 radical (unpaired) electrons. The second-order valence-electron chi connectivity index (χ2n) is 4.52. The molecule has 110 valence electrons. The van der Waals surface area contributed by atoms with E-state index in [0.29, 0.717) is 20.6 Å². The van der Waals surface area contributed by atoms with Gasteiger partial charge in [-0.3, -0.25) is 0 Å². The van der Waals surface area contributed by atoms with E-state index in [1.54, 1.807) is 48.5 Å². The molecule has 0 N–H and O–H groups in total. The number of aliphatic imine (C=N–C) groups is 1. The van der Waals surface area contributed by atoms with Gasteiger partial charge in [0.05, 0.1) is 10.0 Å². The van der Waals surface area contributed by atoms with Gasteiger partial charge >= 0.3 is 5.97 Å². The number of cyclic esters (lactones) is 1. The van der Waals surface area contributed by atoms with Crippen LogP contribution in [0.5, 0.6) is 0 Å². The maximum Gasteiger partial charge on any atom is 0.363 e. The van der Waals surface area contributed by atoms with Crippen molar-refractivity contribution < 1.29 is 9.53 Å². The molecule has 1 heterocycles. The first-order chi connectivity index (χ1) is 10.5. The fraction of sp³-hybridized carbons (Fsp3) is 0. The van der Waals surface area contributed by atoms with E-state index >= 15 is 0 Å². The highest BCUT2D eigenvalue weighted by molar-refractivity contribution is 6.42. The standard InChI is InChI=1S/C16H8Cl3NO2/c17-11-4-1-9(2-5-11)7-14-16(21)22-15(20-14)10-3-6-12(18)13(19)8-10/h1-8H/b14-7-. The summed E-state index contributed by atoms with van der Waals surface area (Å²) in [5.74, 6) is -0.320. The van der Waals surface area contributed by atoms with Gasteiger partial charge in [-0.05, 0) is 42.0 Å². The van der Waals surface area contributed by atoms with Crippen LogP contribution in [0.4, 0.5) is 0 Å². The van der Waals surface area contributed by atoms with Crippen LogP contribution in [0, 0.1) is 0 Å². The Bertz CT molecular complexity index is 811. The largest absolute Gasteiger partial charge is 0.402 e. The maximum absolute atomic E-state index is 11.9. The molecule has 22 heavy (non-hydrogen) atoms. The normalized spacial score (nSPS) is 15.9. The third-order valence-electron chi connectivity index (χ3n) is 2.96. The summed E-state index contributed by atoms with van der Waals surface area (Å²) in [6.07, 6.45) is 1.63. The van der Waals surface area contributed by atoms with Crippen molar-refractivity contribution in [2.24, 2.45) is 4.99 Å². The summed E-state index contributed by atoms with van der Waals surface area (Å²) in [5.41, 5.74) is 1.60. The zero-order chi connectivity index (χ0) is 15.7. The molecule has 1 aliphatic heterocycles. The lowest BCUT2D eigenvalue weighted by molar-refractivity contribution is -0.129. The molecule has 0 spiro atoms. The number of esters is 1. The Morgan fingerprint density at radius 3 is 2.36 bits per heavy atom. The predicted molar refractivity (Wildman–Crippen MR) is 88.5 cm³/mol. The topological polar surface area (TPSA) is 38.7 Å². The lowest BCUT2D eigenvalue weighted by atomic mass is 10.2. The number of hydrogen-bond acceptors (Lipinski definition) is 3. The predicted octanol–water partition coefficient (Wildman–Crippen LogP) is 4.99. The van der Waals surface area contributed by atoms with E-state index in [0.717, 1.165) is 5.56 Å². The molecule has 0 aliphatic carbocycles. The first-order valence-corrected chi connectivity index (χ1v) is 7.40. The summed E-state index contributed by atoms with van der Waals surface area (Å²) in [6.45, 7) is 0. The molecule has 0 amide bonds. The van der Waals surface area contributed by atoms with Crippen molar-refractivity contribution in [1.29, 1.82) is 0 Å². The number of rotatable bonds is 2. The highest BCUT2D eigenvalue weighted by atomic mass is 35.5. The van der Waals surface area contributed by atoms with Gasteiger partial charge in [0.2, 0.25) is 5.90 Å². The van der Waals surface area contributed by atoms with E-state index in [4.69, 9.17) is 39.5 Å². The van der Waals surface area contributed by atoms with E-state index in [2.05, 4.69) is 4.99 Å². The molecule has 2 aromatic carbocycles. The number of carbonyl (C=O) groups is 1. The van der Waals surface area contributed by atoms with Crippen molar-refractivity contribution in [3.8, 4) is 0 Å². The quantitative estimate of drug-likeness (QED) is 0.564. The van der Waals surface area contributed by atoms with Crippen LogP contribution in [-0.2, 0) is 9.53 Å². The van der Waals surface area contributed by atoms with Gasteiger partial charge in [-0.2, -0.15) is 0 Å². The lowest BCUT2D eigenvalue weighted by Gasteiger charge is -2.01. The molecular weight excluding hydrogens is 345 g/mol. The van der Waals surface area contributed by atoms with Crippen LogP contribution in [0.15, 0.2) is 53.2 Å². The van der Waals surface area contributed by atoms with Gasteiger partial charge in [0.15, 0.2) is 5.70 Å². The molecule has 0 unspecified atom stereocenters. The summed E-state index contributed by atoms with van der Waals surface area (Å²) < 4.78 is 5.17. The third kappa shape index (κ3) is 3.17. The highest BCUT2D eigenvalue weighted by Crippen LogP contribution is 2.26. The van der Waals surface area contributed by atoms with Crippen LogP contribution in [0.25, 0.3) is 6.08 Å². The molecule has 0 atom stereocenters. The average molecular weight is 353 g/mol. The number of nitrogens with zero attached hydrogens (tertiary/aromatic N) is 1. The Morgan fingerprint density at radius 2 is 1.68 bits per heavy atom. The molecule has 0 fully saturated rings. The fourth-order valence-electron chi connectivity index (χ4n) is 1.88. The summed E-state index contributed by atoms with van der Waals surface area (Å²) in [4.78, 5) is 16.1. The number of hydrogen-bond donors (Lipinski definition) is 0. The zero-order valence-electron chi connectivity index (χ0n) is 11.0. The molecule has 3 nitrogen and oxygen atoms in total. The lowest BCUT2D eigenvalue weighted by Crippen LogP contribution is -2.05. The summed E-state index contributed by atoms with van der Waals surface area (Å²) in [7, 11) is 0. The monoisotopic (exact) mass is 351 g/mol. The third-order valence-corrected chi connectivity index (χ3v) is 3.95. The van der Waals surface area contributed by atoms with Crippen LogP contribution in [0.2, 0.25) is 15.1 Å². The number of benzene rings is 2. The average Bonchev–Trinajstić information content (AvgIpc) is 2.85. The van der Waals surface area contributed by atoms with Gasteiger partial charge in [0.25, 0.3) is 0 Å². The van der Waals surface area contributed by atoms with E-state index < -0.39 is 5.97 Å². The van der Waals surface area contributed by atoms with E-state index in [1.165, 1.54) is 0 Å². The SMILES string of the molecule is O=C1OC(c2ccc(Cl)c(Cl)c2)=N/C1=C\c1ccc(Cl)cc1. The van der Waals surface area contributed by atoms with Crippen LogP contribution in [0.3, 0.4) is 0 Å². The molecule has 2 aromatic rings. The van der Waals surface area contributed by atoms with Crippen molar-refractivity contribution in [2.45, 2.75) is 0 Å². The van der Waals surface area contributed by atoms with Crippen LogP contribution in [-0.4, -0.2) is 11.9 Å². The van der Waals surface area contributed by atoms with Gasteiger partial charge in [0, 0.05) is 10.6 Å². The molecule has 3 rings (SSSR count). The molecule has 0 saturated carbocycles. The Labute approximate surface area is 141 Å². The summed E-state index contributed by atoms with van der Waals surface area (Å²) in [6, 6.07) is 11.9. The molecule has 6 heteroatoms. The maximum atomic E-state index is 11.9. The second-order valence-corrected chi connectivity index (χ2v) is 5.77. The molecule has 1 aliphatic rings. The minimum Gasteiger partial charge on any atom is -0.402 e. The van der Waals surface area contributed by atoms with Crippen molar-refractivity contribution >= 4 is 52.7 Å². The molecular formula is C16H8Cl3NO2. The first kappa shape index (κ1) is 15.1. The van der Waals surface area contributed by atoms with E-state index in [1.807, 2.05) is 0 Å². The number of ether oxygens (including phenoxy) is 1. The molecule has 0 saturated heterocycles. The summed E-state index contributed by atoms with van der Waals surface area (Å²) in [5, 5.41) is 1.41. The minimum absolute atomic E-state index is 0.198. The summed E-state index contributed by atoms with van der Waals surface area (Å²) >= 11 is 17.6. The number of carbonyl (C=O) groups excluding carboxylic acids is 1. The first-order valence-electron chi connectivity index (χ1n) is 6.26. The van der Waals surface area contributed by atoms with Crippen molar-refractivity contribution in [1.82, 2.24) is 0 Å². The van der Waals surface area contributed by atoms with Crippen LogP contribution in [0.1, 0.15) is 11.1 Å². The highest BCUT2D eigenvalue weighted by Gasteiger charge is 2.24. The Balaban J connectivity index is 1.94. The smallest absolute Gasteiger partial charge is 0.363 e. The second kappa shape index (κ2) is 6.13. The fourth-order valence-corrected chi connectivity index (χ4v) is 2.30. The van der Waals surface area contributed by atoms with Crippen LogP contribution < -0.4 is 0 Å². The zero-order valence-corrected chi connectivity index (χ0v) is 13.3. The van der Waals surface area contributed by atoms with E-state index in [9.17, 15) is 4.79 Å². The van der Waals surface area contributed by atoms with Crippen molar-refractivity contribution in [3.05, 3.63) is 74.4 Å². The van der Waals surface area contributed by atoms with Gasteiger partial charge in [-0.1, -0.05) is 46.9 Å². The van der Waals surface area contributed by atoms with E-state index in [-0.39, 0.29) is 11.6 Å². The minimum atomic E-state index is -0.518. The van der Waals surface area contributed by atoms with Crippen LogP contribution >= 0.6 is 34.8 Å². The molecule has 0 bridgehead atoms. The van der Waals surface area contributed by atoms with Crippen molar-refractivity contribution in [2.75, 3.05) is 0 Å². The molecule has 0 aromatic heterocycles. The van der Waals surface area contributed by atoms with Gasteiger partial charge in [-0.15, -0.1) is 0 Å².